The fraction of sp³-hybridized carbons (Fsp3) is 0.400. The van der Waals surface area contributed by atoms with Crippen molar-refractivity contribution in [2.24, 2.45) is 0 Å². The summed E-state index contributed by atoms with van der Waals surface area (Å²) < 4.78 is 1.39. The Morgan fingerprint density at radius 3 is 2.75 bits per heavy atom. The van der Waals surface area contributed by atoms with Crippen LogP contribution in [0.25, 0.3) is 0 Å². The summed E-state index contributed by atoms with van der Waals surface area (Å²) in [6.45, 7) is 2.05. The van der Waals surface area contributed by atoms with Crippen LogP contribution < -0.4 is 4.43 Å². The molecule has 0 bridgehead atoms. The summed E-state index contributed by atoms with van der Waals surface area (Å²) in [7, 11) is 0. The smallest absolute Gasteiger partial charge is 0.252 e. The molecule has 1 radical (unpaired) electrons. The van der Waals surface area contributed by atoms with E-state index < -0.39 is 0 Å². The topological polar surface area (TPSA) is 28.7 Å². The normalized spacial score (nSPS) is 9.25. The largest absolute Gasteiger partial charge is 0.284 e. The third-order valence-corrected chi connectivity index (χ3v) is 2.38. The maximum absolute atomic E-state index is 3.89. The molecule has 0 aliphatic rings. The molecule has 41 valence electrons. The van der Waals surface area contributed by atoms with Gasteiger partial charge in [-0.2, -0.15) is 5.10 Å². The van der Waals surface area contributed by atoms with Crippen LogP contribution in [0, 0.1) is 6.92 Å². The molecule has 0 spiro atoms. The quantitative estimate of drug-likeness (QED) is 0.527. The molecule has 1 N–H and O–H groups in total. The molecule has 1 aromatic rings. The SMILES string of the molecule is [CH3][Al][c]1cn[nH]c1C. The second kappa shape index (κ2) is 2.34. The lowest BCUT2D eigenvalue weighted by Gasteiger charge is -1.85. The van der Waals surface area contributed by atoms with Gasteiger partial charge in [0.2, 0.25) is 0 Å². The van der Waals surface area contributed by atoms with Gasteiger partial charge in [-0.1, -0.05) is 4.43 Å². The second-order valence-corrected chi connectivity index (χ2v) is 2.94. The lowest BCUT2D eigenvalue weighted by atomic mass is 10.5. The predicted octanol–water partition coefficient (Wildman–Crippen LogP) is 0.0957. The Hall–Kier alpha value is -0.258. The standard InChI is InChI=1S/C4H5N2.CH3.Al/c1-4-2-3-5-6-4;;/h3H,1H3,(H,5,6);1H3;. The highest BCUT2D eigenvalue weighted by atomic mass is 27.1. The minimum atomic E-state index is 0.435. The summed E-state index contributed by atoms with van der Waals surface area (Å²) >= 11 is 0.435. The molecule has 1 aromatic heterocycles. The number of hydrogen-bond donors (Lipinski definition) is 1. The lowest BCUT2D eigenvalue weighted by molar-refractivity contribution is 1.05. The van der Waals surface area contributed by atoms with Crippen LogP contribution in [-0.2, 0) is 0 Å². The van der Waals surface area contributed by atoms with Crippen LogP contribution in [0.4, 0.5) is 0 Å². The van der Waals surface area contributed by atoms with Crippen molar-refractivity contribution in [3.63, 3.8) is 0 Å². The minimum Gasteiger partial charge on any atom is -0.284 e. The fourth-order valence-electron chi connectivity index (χ4n) is 0.651. The van der Waals surface area contributed by atoms with Crippen molar-refractivity contribution in [3.8, 4) is 0 Å². The lowest BCUT2D eigenvalue weighted by Crippen LogP contribution is -2.10. The maximum Gasteiger partial charge on any atom is 0.252 e. The first-order valence-corrected chi connectivity index (χ1v) is 4.37. The third-order valence-electron chi connectivity index (χ3n) is 1.18. The monoisotopic (exact) mass is 123 g/mol. The van der Waals surface area contributed by atoms with Crippen molar-refractivity contribution in [1.29, 1.82) is 0 Å². The number of rotatable bonds is 1. The summed E-state index contributed by atoms with van der Waals surface area (Å²) in [5.41, 5.74) is 1.22. The van der Waals surface area contributed by atoms with E-state index in [4.69, 9.17) is 0 Å². The molecule has 0 aliphatic heterocycles. The third kappa shape index (κ3) is 0.937. The Bertz CT molecular complexity index is 171. The van der Waals surface area contributed by atoms with Crippen molar-refractivity contribution in [2.45, 2.75) is 12.7 Å². The number of H-pyrrole nitrogens is 1. The van der Waals surface area contributed by atoms with E-state index >= 15 is 0 Å². The molecule has 0 unspecified atom stereocenters. The summed E-state index contributed by atoms with van der Waals surface area (Å²) in [6, 6.07) is 0. The first-order valence-electron chi connectivity index (χ1n) is 2.64. The molecule has 0 saturated heterocycles. The fourth-order valence-corrected chi connectivity index (χ4v) is 1.37. The molecule has 1 rings (SSSR count). The molecule has 3 heteroatoms. The van der Waals surface area contributed by atoms with E-state index in [0.29, 0.717) is 15.2 Å². The van der Waals surface area contributed by atoms with Gasteiger partial charge >= 0.3 is 0 Å². The minimum absolute atomic E-state index is 0.435. The zero-order chi connectivity index (χ0) is 5.98. The predicted molar refractivity (Wildman–Crippen MR) is 34.6 cm³/mol. The highest BCUT2D eigenvalue weighted by molar-refractivity contribution is 6.52. The Morgan fingerprint density at radius 2 is 2.50 bits per heavy atom. The zero-order valence-corrected chi connectivity index (χ0v) is 6.26. The molecule has 8 heavy (non-hydrogen) atoms. The number of aryl methyl sites for hydroxylation is 1. The highest BCUT2D eigenvalue weighted by Gasteiger charge is 1.94. The van der Waals surface area contributed by atoms with Gasteiger partial charge in [-0.25, -0.2) is 0 Å². The summed E-state index contributed by atoms with van der Waals surface area (Å²) in [5, 5.41) is 6.78. The molecule has 0 amide bonds. The van der Waals surface area contributed by atoms with E-state index in [1.807, 2.05) is 6.20 Å². The van der Waals surface area contributed by atoms with Crippen LogP contribution in [0.5, 0.6) is 0 Å². The van der Waals surface area contributed by atoms with Crippen LogP contribution in [-0.4, -0.2) is 25.4 Å². The first kappa shape index (κ1) is 5.87. The Balaban J connectivity index is 2.92. The van der Waals surface area contributed by atoms with Gasteiger partial charge < -0.3 is 0 Å². The van der Waals surface area contributed by atoms with E-state index in [9.17, 15) is 0 Å². The molecule has 0 aromatic carbocycles. The van der Waals surface area contributed by atoms with E-state index in [1.165, 1.54) is 10.1 Å². The number of nitrogens with one attached hydrogen (secondary N) is 1. The first-order chi connectivity index (χ1) is 3.84. The maximum atomic E-state index is 3.89. The average Bonchev–Trinajstić information content (AvgIpc) is 2.14. The van der Waals surface area contributed by atoms with Gasteiger partial charge in [0, 0.05) is 11.9 Å². The number of nitrogens with zero attached hydrogens (tertiary/aromatic N) is 1. The Labute approximate surface area is 55.0 Å². The molecule has 0 saturated carbocycles. The van der Waals surface area contributed by atoms with Crippen molar-refractivity contribution in [3.05, 3.63) is 11.9 Å². The number of hydrogen-bond acceptors (Lipinski definition) is 1. The Kier molecular flexibility index (Phi) is 1.72. The van der Waals surface area contributed by atoms with E-state index in [2.05, 4.69) is 22.9 Å². The molecule has 2 nitrogen and oxygen atoms in total. The van der Waals surface area contributed by atoms with E-state index in [1.54, 1.807) is 0 Å². The number of aromatic nitrogens is 2. The van der Waals surface area contributed by atoms with Gasteiger partial charge in [0.05, 0.1) is 0 Å². The van der Waals surface area contributed by atoms with Crippen LogP contribution in [0.2, 0.25) is 5.79 Å². The highest BCUT2D eigenvalue weighted by Crippen LogP contribution is 1.81. The summed E-state index contributed by atoms with van der Waals surface area (Å²) in [4.78, 5) is 0. The van der Waals surface area contributed by atoms with Crippen LogP contribution in [0.1, 0.15) is 5.69 Å². The van der Waals surface area contributed by atoms with Crippen molar-refractivity contribution in [2.75, 3.05) is 0 Å². The van der Waals surface area contributed by atoms with Crippen molar-refractivity contribution >= 4 is 19.6 Å². The molecule has 0 fully saturated rings. The van der Waals surface area contributed by atoms with Crippen LogP contribution >= 0.6 is 0 Å². The summed E-state index contributed by atoms with van der Waals surface area (Å²) in [6.07, 6.45) is 1.91. The molecular weight excluding hydrogens is 115 g/mol. The van der Waals surface area contributed by atoms with Gasteiger partial charge in [-0.15, -0.1) is 5.79 Å². The second-order valence-electron chi connectivity index (χ2n) is 1.74. The molecular formula is C5H8AlN2. The zero-order valence-electron chi connectivity index (χ0n) is 5.10. The van der Waals surface area contributed by atoms with Gasteiger partial charge in [0.25, 0.3) is 15.2 Å². The van der Waals surface area contributed by atoms with Crippen molar-refractivity contribution in [1.82, 2.24) is 10.2 Å². The van der Waals surface area contributed by atoms with Gasteiger partial charge in [-0.05, 0) is 6.92 Å². The molecule has 0 aliphatic carbocycles. The Morgan fingerprint density at radius 1 is 1.75 bits per heavy atom. The van der Waals surface area contributed by atoms with Gasteiger partial charge in [0.1, 0.15) is 0 Å². The molecule has 0 atom stereocenters. The molecule has 1 heterocycles. The summed E-state index contributed by atoms with van der Waals surface area (Å²) in [5.74, 6) is 2.21. The van der Waals surface area contributed by atoms with Crippen molar-refractivity contribution < 1.29 is 0 Å². The van der Waals surface area contributed by atoms with E-state index in [0.717, 1.165) is 0 Å². The van der Waals surface area contributed by atoms with Gasteiger partial charge in [0.15, 0.2) is 0 Å². The van der Waals surface area contributed by atoms with Crippen LogP contribution in [0.15, 0.2) is 6.20 Å². The van der Waals surface area contributed by atoms with Crippen LogP contribution in [0.3, 0.4) is 0 Å². The van der Waals surface area contributed by atoms with E-state index in [-0.39, 0.29) is 0 Å². The average molecular weight is 123 g/mol. The number of aromatic amines is 1. The van der Waals surface area contributed by atoms with Gasteiger partial charge in [-0.3, -0.25) is 5.10 Å².